The zero-order valence-electron chi connectivity index (χ0n) is 20.9. The van der Waals surface area contributed by atoms with E-state index in [4.69, 9.17) is 14.2 Å². The molecule has 0 heterocycles. The minimum Gasteiger partial charge on any atom is -0.490 e. The molecule has 4 rings (SSSR count). The van der Waals surface area contributed by atoms with Crippen LogP contribution in [0.2, 0.25) is 0 Å². The van der Waals surface area contributed by atoms with Crippen LogP contribution < -0.4 is 14.2 Å². The maximum absolute atomic E-state index is 15.3. The van der Waals surface area contributed by atoms with Crippen molar-refractivity contribution in [2.75, 3.05) is 14.2 Å². The molecule has 39 heavy (non-hydrogen) atoms. The average Bonchev–Trinajstić information content (AvgIpc) is 2.91. The molecule has 11 heteroatoms. The summed E-state index contributed by atoms with van der Waals surface area (Å²) in [6.45, 7) is 0. The number of halogens is 2. The van der Waals surface area contributed by atoms with Crippen molar-refractivity contribution in [3.05, 3.63) is 127 Å². The van der Waals surface area contributed by atoms with Crippen molar-refractivity contribution in [3.8, 4) is 23.0 Å². The van der Waals surface area contributed by atoms with Gasteiger partial charge in [0.05, 0.1) is 24.1 Å². The van der Waals surface area contributed by atoms with Gasteiger partial charge >= 0.3 is 11.4 Å². The van der Waals surface area contributed by atoms with Gasteiger partial charge in [-0.15, -0.1) is 0 Å². The largest absolute Gasteiger partial charge is 0.490 e. The molecule has 0 fully saturated rings. The van der Waals surface area contributed by atoms with E-state index in [1.807, 2.05) is 0 Å². The minimum atomic E-state index is -0.910. The first-order valence-corrected chi connectivity index (χ1v) is 11.6. The van der Waals surface area contributed by atoms with Gasteiger partial charge in [0.2, 0.25) is 23.0 Å². The fourth-order valence-electron chi connectivity index (χ4n) is 4.26. The quantitative estimate of drug-likeness (QED) is 0.162. The summed E-state index contributed by atoms with van der Waals surface area (Å²) in [6.07, 6.45) is -0.0680. The van der Waals surface area contributed by atoms with Crippen LogP contribution in [0.25, 0.3) is 0 Å². The summed E-state index contributed by atoms with van der Waals surface area (Å²) in [5.41, 5.74) is -0.444. The Balaban J connectivity index is 1.85. The SMILES string of the molecule is COc1c(Cc2ccccc2)c(F)cc(Oc2cc(F)c(Cc3ccccc3)c(OC)c2[N+](=O)[O-])c1[N+](=O)[O-]. The number of nitro benzene ring substituents is 2. The lowest BCUT2D eigenvalue weighted by Gasteiger charge is -2.16. The monoisotopic (exact) mass is 536 g/mol. The number of methoxy groups -OCH3 is 2. The first kappa shape index (κ1) is 27.0. The highest BCUT2D eigenvalue weighted by atomic mass is 19.1. The molecule has 0 aliphatic rings. The van der Waals surface area contributed by atoms with Crippen LogP contribution in [0.1, 0.15) is 22.3 Å². The van der Waals surface area contributed by atoms with Gasteiger partial charge in [-0.2, -0.15) is 0 Å². The molecule has 4 aromatic rings. The van der Waals surface area contributed by atoms with Crippen LogP contribution in [-0.2, 0) is 12.8 Å². The van der Waals surface area contributed by atoms with E-state index in [1.165, 1.54) is 0 Å². The van der Waals surface area contributed by atoms with Crippen LogP contribution in [0, 0.1) is 31.9 Å². The van der Waals surface area contributed by atoms with E-state index in [2.05, 4.69) is 0 Å². The zero-order valence-corrected chi connectivity index (χ0v) is 20.9. The van der Waals surface area contributed by atoms with Crippen molar-refractivity contribution in [2.24, 2.45) is 0 Å². The van der Waals surface area contributed by atoms with E-state index in [0.29, 0.717) is 11.1 Å². The molecule has 0 saturated heterocycles. The molecular formula is C28H22F2N2O7. The average molecular weight is 536 g/mol. The van der Waals surface area contributed by atoms with Crippen LogP contribution in [0.15, 0.2) is 72.8 Å². The molecule has 200 valence electrons. The molecule has 0 spiro atoms. The van der Waals surface area contributed by atoms with Gasteiger partial charge in [-0.05, 0) is 11.1 Å². The normalized spacial score (nSPS) is 10.7. The Morgan fingerprint density at radius 2 is 1.03 bits per heavy atom. The Labute approximate surface area is 221 Å². The molecule has 9 nitrogen and oxygen atoms in total. The number of nitrogens with zero attached hydrogens (tertiary/aromatic N) is 2. The number of nitro groups is 2. The summed E-state index contributed by atoms with van der Waals surface area (Å²) in [6, 6.07) is 18.8. The second kappa shape index (κ2) is 11.5. The van der Waals surface area contributed by atoms with Crippen LogP contribution in [-0.4, -0.2) is 24.1 Å². The van der Waals surface area contributed by atoms with Gasteiger partial charge < -0.3 is 14.2 Å². The molecule has 0 saturated carbocycles. The van der Waals surface area contributed by atoms with Crippen molar-refractivity contribution < 1.29 is 32.8 Å². The summed E-state index contributed by atoms with van der Waals surface area (Å²) in [7, 11) is 2.26. The summed E-state index contributed by atoms with van der Waals surface area (Å²) >= 11 is 0. The standard InChI is InChI=1S/C28H22F2N2O7/c1-37-27-19(13-17-9-5-3-6-10-17)21(29)15-23(25(27)31(33)34)39-24-16-22(30)20(14-18-11-7-4-8-12-18)28(38-2)26(24)32(35)36/h3-12,15-16H,13-14H2,1-2H3. The summed E-state index contributed by atoms with van der Waals surface area (Å²) in [5.74, 6) is -4.07. The zero-order chi connectivity index (χ0) is 28.1. The number of benzene rings is 4. The van der Waals surface area contributed by atoms with E-state index < -0.39 is 55.9 Å². The molecule has 4 aromatic carbocycles. The van der Waals surface area contributed by atoms with Crippen LogP contribution in [0.4, 0.5) is 20.2 Å². The number of ether oxygens (including phenoxy) is 3. The van der Waals surface area contributed by atoms with Crippen molar-refractivity contribution in [2.45, 2.75) is 12.8 Å². The third kappa shape index (κ3) is 5.61. The van der Waals surface area contributed by atoms with Crippen LogP contribution >= 0.6 is 0 Å². The van der Waals surface area contributed by atoms with Gasteiger partial charge in [0.15, 0.2) is 0 Å². The Morgan fingerprint density at radius 3 is 1.33 bits per heavy atom. The van der Waals surface area contributed by atoms with Gasteiger partial charge in [-0.25, -0.2) is 8.78 Å². The Kier molecular flexibility index (Phi) is 7.99. The maximum atomic E-state index is 15.3. The van der Waals surface area contributed by atoms with Gasteiger partial charge in [0.25, 0.3) is 0 Å². The van der Waals surface area contributed by atoms with Crippen molar-refractivity contribution in [1.82, 2.24) is 0 Å². The molecule has 0 amide bonds. The van der Waals surface area contributed by atoms with Crippen LogP contribution in [0.5, 0.6) is 23.0 Å². The topological polar surface area (TPSA) is 114 Å². The molecule has 0 aliphatic heterocycles. The van der Waals surface area contributed by atoms with E-state index in [1.54, 1.807) is 60.7 Å². The van der Waals surface area contributed by atoms with Gasteiger partial charge in [0.1, 0.15) is 11.6 Å². The van der Waals surface area contributed by atoms with E-state index >= 15 is 8.78 Å². The molecule has 0 aromatic heterocycles. The van der Waals surface area contributed by atoms with Crippen molar-refractivity contribution >= 4 is 11.4 Å². The molecule has 0 bridgehead atoms. The van der Waals surface area contributed by atoms with Crippen molar-refractivity contribution in [1.29, 1.82) is 0 Å². The molecule has 0 N–H and O–H groups in total. The lowest BCUT2D eigenvalue weighted by molar-refractivity contribution is -0.388. The first-order valence-electron chi connectivity index (χ1n) is 11.6. The minimum absolute atomic E-state index is 0.0340. The third-order valence-corrected chi connectivity index (χ3v) is 5.98. The Morgan fingerprint density at radius 1 is 0.667 bits per heavy atom. The fourth-order valence-corrected chi connectivity index (χ4v) is 4.26. The Bertz CT molecular complexity index is 1420. The lowest BCUT2D eigenvalue weighted by Crippen LogP contribution is -2.07. The smallest absolute Gasteiger partial charge is 0.353 e. The van der Waals surface area contributed by atoms with Gasteiger partial charge in [0, 0.05) is 36.1 Å². The second-order valence-electron chi connectivity index (χ2n) is 8.37. The molecule has 0 atom stereocenters. The summed E-state index contributed by atoms with van der Waals surface area (Å²) < 4.78 is 46.5. The molecular weight excluding hydrogens is 514 g/mol. The predicted molar refractivity (Wildman–Crippen MR) is 138 cm³/mol. The third-order valence-electron chi connectivity index (χ3n) is 5.98. The summed E-state index contributed by atoms with van der Waals surface area (Å²) in [4.78, 5) is 22.4. The van der Waals surface area contributed by atoms with Crippen LogP contribution in [0.3, 0.4) is 0 Å². The fraction of sp³-hybridized carbons (Fsp3) is 0.143. The van der Waals surface area contributed by atoms with Gasteiger partial charge in [-0.1, -0.05) is 60.7 Å². The highest BCUT2D eigenvalue weighted by Gasteiger charge is 2.34. The molecule has 0 radical (unpaired) electrons. The Hall–Kier alpha value is -5.06. The number of hydrogen-bond acceptors (Lipinski definition) is 7. The first-order chi connectivity index (χ1) is 18.7. The molecule has 0 unspecified atom stereocenters. The van der Waals surface area contributed by atoms with E-state index in [0.717, 1.165) is 26.4 Å². The highest BCUT2D eigenvalue weighted by Crippen LogP contribution is 2.48. The predicted octanol–water partition coefficient (Wildman–Crippen LogP) is 6.77. The van der Waals surface area contributed by atoms with Crippen molar-refractivity contribution in [3.63, 3.8) is 0 Å². The number of rotatable bonds is 10. The van der Waals surface area contributed by atoms with E-state index in [9.17, 15) is 20.2 Å². The van der Waals surface area contributed by atoms with Gasteiger partial charge in [-0.3, -0.25) is 20.2 Å². The summed E-state index contributed by atoms with van der Waals surface area (Å²) in [5, 5.41) is 24.1. The second-order valence-corrected chi connectivity index (χ2v) is 8.37. The molecule has 0 aliphatic carbocycles. The lowest BCUT2D eigenvalue weighted by atomic mass is 10.0. The highest BCUT2D eigenvalue weighted by molar-refractivity contribution is 5.67. The number of hydrogen-bond donors (Lipinski definition) is 0. The van der Waals surface area contributed by atoms with E-state index in [-0.39, 0.29) is 24.0 Å². The maximum Gasteiger partial charge on any atom is 0.353 e.